The Labute approximate surface area is 287 Å². The summed E-state index contributed by atoms with van der Waals surface area (Å²) >= 11 is 3.60. The van der Waals surface area contributed by atoms with Gasteiger partial charge in [0.15, 0.2) is 0 Å². The number of benzene rings is 6. The number of para-hydroxylation sites is 2. The molecule has 3 aromatic heterocycles. The summed E-state index contributed by atoms with van der Waals surface area (Å²) in [6, 6.07) is 54.6. The van der Waals surface area contributed by atoms with E-state index in [0.29, 0.717) is 0 Å². The molecular formula is C43H31N3S2. The molecular weight excluding hydrogens is 623 g/mol. The van der Waals surface area contributed by atoms with Gasteiger partial charge in [0, 0.05) is 59.7 Å². The number of hydrogen-bond acceptors (Lipinski definition) is 5. The minimum atomic E-state index is 1.07. The van der Waals surface area contributed by atoms with Gasteiger partial charge in [0.2, 0.25) is 0 Å². The third kappa shape index (κ3) is 5.00. The van der Waals surface area contributed by atoms with Crippen LogP contribution < -0.4 is 9.80 Å². The van der Waals surface area contributed by atoms with Gasteiger partial charge in [0.1, 0.15) is 4.83 Å². The van der Waals surface area contributed by atoms with Crippen LogP contribution in [0.15, 0.2) is 152 Å². The van der Waals surface area contributed by atoms with Crippen LogP contribution in [0.4, 0.5) is 34.1 Å². The fourth-order valence-corrected chi connectivity index (χ4v) is 8.92. The molecule has 0 amide bonds. The Morgan fingerprint density at radius 2 is 0.896 bits per heavy atom. The molecule has 9 aromatic rings. The largest absolute Gasteiger partial charge is 0.310 e. The van der Waals surface area contributed by atoms with Crippen molar-refractivity contribution in [1.82, 2.24) is 4.98 Å². The molecule has 0 bridgehead atoms. The lowest BCUT2D eigenvalue weighted by atomic mass is 10.1. The summed E-state index contributed by atoms with van der Waals surface area (Å²) in [5, 5.41) is 3.66. The minimum Gasteiger partial charge on any atom is -0.310 e. The van der Waals surface area contributed by atoms with Crippen molar-refractivity contribution >= 4 is 97.4 Å². The van der Waals surface area contributed by atoms with Gasteiger partial charge in [-0.15, -0.1) is 22.7 Å². The predicted octanol–water partition coefficient (Wildman–Crippen LogP) is 13.4. The SMILES string of the molecule is Cc1cccc(N(c2ccccc2)c2ccc3c(c2)sc2nc4c(cc23)sc2cc(N(c3ccccc3)c3cccc(C)c3)ccc24)c1. The Morgan fingerprint density at radius 1 is 0.396 bits per heavy atom. The van der Waals surface area contributed by atoms with E-state index in [1.54, 1.807) is 11.3 Å². The van der Waals surface area contributed by atoms with E-state index in [-0.39, 0.29) is 0 Å². The lowest BCUT2D eigenvalue weighted by Gasteiger charge is -2.25. The number of nitrogens with zero attached hydrogens (tertiary/aromatic N) is 3. The summed E-state index contributed by atoms with van der Waals surface area (Å²) in [5.41, 5.74) is 10.4. The third-order valence-corrected chi connectivity index (χ3v) is 11.1. The molecule has 0 aliphatic carbocycles. The minimum absolute atomic E-state index is 1.07. The Hall–Kier alpha value is -5.49. The monoisotopic (exact) mass is 653 g/mol. The van der Waals surface area contributed by atoms with Gasteiger partial charge in [0.25, 0.3) is 0 Å². The van der Waals surface area contributed by atoms with Gasteiger partial charge in [-0.25, -0.2) is 4.98 Å². The molecule has 9 rings (SSSR count). The van der Waals surface area contributed by atoms with Crippen LogP contribution in [-0.2, 0) is 0 Å². The third-order valence-electron chi connectivity index (χ3n) is 8.92. The molecule has 0 saturated carbocycles. The van der Waals surface area contributed by atoms with E-state index >= 15 is 0 Å². The zero-order valence-corrected chi connectivity index (χ0v) is 28.2. The Bertz CT molecular complexity index is 2420. The smallest absolute Gasteiger partial charge is 0.125 e. The van der Waals surface area contributed by atoms with Crippen LogP contribution >= 0.6 is 22.7 Å². The van der Waals surface area contributed by atoms with Crippen LogP contribution in [0.2, 0.25) is 0 Å². The summed E-state index contributed by atoms with van der Waals surface area (Å²) in [6.07, 6.45) is 0. The first-order valence-electron chi connectivity index (χ1n) is 16.1. The van der Waals surface area contributed by atoms with Gasteiger partial charge >= 0.3 is 0 Å². The maximum atomic E-state index is 5.31. The number of hydrogen-bond donors (Lipinski definition) is 0. The summed E-state index contributed by atoms with van der Waals surface area (Å²) in [7, 11) is 0. The van der Waals surface area contributed by atoms with Gasteiger partial charge < -0.3 is 9.80 Å². The molecule has 230 valence electrons. The molecule has 0 N–H and O–H groups in total. The molecule has 3 nitrogen and oxygen atoms in total. The molecule has 48 heavy (non-hydrogen) atoms. The number of thiophene rings is 2. The molecule has 3 heterocycles. The van der Waals surface area contributed by atoms with Crippen molar-refractivity contribution in [2.75, 3.05) is 9.80 Å². The van der Waals surface area contributed by atoms with Crippen LogP contribution in [0.1, 0.15) is 11.1 Å². The summed E-state index contributed by atoms with van der Waals surface area (Å²) in [6.45, 7) is 4.29. The Kier molecular flexibility index (Phi) is 6.96. The number of aromatic nitrogens is 1. The van der Waals surface area contributed by atoms with Crippen LogP contribution in [0.5, 0.6) is 0 Å². The molecule has 0 fully saturated rings. The molecule has 6 aromatic carbocycles. The molecule has 0 radical (unpaired) electrons. The molecule has 0 aliphatic rings. The van der Waals surface area contributed by atoms with Crippen LogP contribution in [-0.4, -0.2) is 4.98 Å². The standard InChI is InChI=1S/C43H31N3S2/c1-28-11-9-17-32(23-28)45(30-13-5-3-6-14-30)34-19-21-36-38-27-41-42(44-43(38)48-39(36)25-34)37-22-20-35(26-40(37)47-41)46(31-15-7-4-8-16-31)33-18-10-12-29(2)24-33/h3-27H,1-2H3. The van der Waals surface area contributed by atoms with Gasteiger partial charge in [-0.3, -0.25) is 0 Å². The number of fused-ring (bicyclic) bond motifs is 6. The normalized spacial score (nSPS) is 11.5. The van der Waals surface area contributed by atoms with Crippen molar-refractivity contribution in [3.63, 3.8) is 0 Å². The highest BCUT2D eigenvalue weighted by Gasteiger charge is 2.18. The van der Waals surface area contributed by atoms with E-state index in [1.165, 1.54) is 41.4 Å². The zero-order chi connectivity index (χ0) is 32.2. The maximum Gasteiger partial charge on any atom is 0.125 e. The first-order valence-corrected chi connectivity index (χ1v) is 17.8. The highest BCUT2D eigenvalue weighted by atomic mass is 32.1. The van der Waals surface area contributed by atoms with Crippen molar-refractivity contribution in [2.45, 2.75) is 13.8 Å². The van der Waals surface area contributed by atoms with Crippen molar-refractivity contribution < 1.29 is 0 Å². The topological polar surface area (TPSA) is 19.4 Å². The molecule has 0 unspecified atom stereocenters. The van der Waals surface area contributed by atoms with E-state index in [2.05, 4.69) is 175 Å². The average molecular weight is 654 g/mol. The Morgan fingerprint density at radius 3 is 1.46 bits per heavy atom. The zero-order valence-electron chi connectivity index (χ0n) is 26.6. The highest BCUT2D eigenvalue weighted by Crippen LogP contribution is 2.44. The van der Waals surface area contributed by atoms with Gasteiger partial charge in [-0.05, 0) is 110 Å². The van der Waals surface area contributed by atoms with E-state index in [0.717, 1.165) is 44.5 Å². The first-order chi connectivity index (χ1) is 23.6. The van der Waals surface area contributed by atoms with Crippen LogP contribution in [0, 0.1) is 13.8 Å². The summed E-state index contributed by atoms with van der Waals surface area (Å²) < 4.78 is 3.69. The van der Waals surface area contributed by atoms with Crippen LogP contribution in [0.25, 0.3) is 40.6 Å². The van der Waals surface area contributed by atoms with E-state index in [1.807, 2.05) is 11.3 Å². The number of pyridine rings is 1. The number of anilines is 6. The summed E-state index contributed by atoms with van der Waals surface area (Å²) in [5.74, 6) is 0. The van der Waals surface area contributed by atoms with Crippen molar-refractivity contribution in [2.24, 2.45) is 0 Å². The van der Waals surface area contributed by atoms with Gasteiger partial charge in [-0.2, -0.15) is 0 Å². The molecule has 0 saturated heterocycles. The van der Waals surface area contributed by atoms with Crippen molar-refractivity contribution in [3.05, 3.63) is 163 Å². The van der Waals surface area contributed by atoms with Gasteiger partial charge in [-0.1, -0.05) is 66.7 Å². The van der Waals surface area contributed by atoms with E-state index in [4.69, 9.17) is 4.98 Å². The second kappa shape index (κ2) is 11.6. The molecule has 0 spiro atoms. The fraction of sp³-hybridized carbons (Fsp3) is 0.0465. The van der Waals surface area contributed by atoms with Crippen LogP contribution in [0.3, 0.4) is 0 Å². The molecule has 0 aliphatic heterocycles. The first kappa shape index (κ1) is 28.7. The van der Waals surface area contributed by atoms with E-state index < -0.39 is 0 Å². The quantitative estimate of drug-likeness (QED) is 0.178. The van der Waals surface area contributed by atoms with Crippen molar-refractivity contribution in [3.8, 4) is 0 Å². The fourth-order valence-electron chi connectivity index (χ4n) is 6.71. The maximum absolute atomic E-state index is 5.31. The summed E-state index contributed by atoms with van der Waals surface area (Å²) in [4.78, 5) is 11.1. The second-order valence-electron chi connectivity index (χ2n) is 12.3. The molecule has 0 atom stereocenters. The van der Waals surface area contributed by atoms with Crippen molar-refractivity contribution in [1.29, 1.82) is 0 Å². The second-order valence-corrected chi connectivity index (χ2v) is 14.4. The number of rotatable bonds is 6. The predicted molar refractivity (Wildman–Crippen MR) is 209 cm³/mol. The number of aryl methyl sites for hydroxylation is 2. The molecule has 5 heteroatoms. The lowest BCUT2D eigenvalue weighted by molar-refractivity contribution is 1.28. The Balaban J connectivity index is 1.15. The van der Waals surface area contributed by atoms with E-state index in [9.17, 15) is 0 Å². The lowest BCUT2D eigenvalue weighted by Crippen LogP contribution is -2.09. The van der Waals surface area contributed by atoms with Gasteiger partial charge in [0.05, 0.1) is 10.2 Å². The highest BCUT2D eigenvalue weighted by molar-refractivity contribution is 7.27. The average Bonchev–Trinajstić information content (AvgIpc) is 3.65.